The van der Waals surface area contributed by atoms with Crippen LogP contribution in [0.5, 0.6) is 5.88 Å². The van der Waals surface area contributed by atoms with Gasteiger partial charge >= 0.3 is 12.1 Å². The maximum atomic E-state index is 12.0. The van der Waals surface area contributed by atoms with E-state index in [1.54, 1.807) is 17.0 Å². The molecular weight excluding hydrogens is 312 g/mol. The number of ether oxygens (including phenoxy) is 3. The van der Waals surface area contributed by atoms with Gasteiger partial charge in [0.15, 0.2) is 0 Å². The fourth-order valence-electron chi connectivity index (χ4n) is 2.34. The largest absolute Gasteiger partial charge is 0.474 e. The average molecular weight is 336 g/mol. The Morgan fingerprint density at radius 2 is 1.88 bits per heavy atom. The minimum atomic E-state index is -0.490. The fourth-order valence-corrected chi connectivity index (χ4v) is 2.34. The molecule has 1 saturated heterocycles. The standard InChI is InChI=1S/C17H24N2O5/c1-17(2,3)24-16(21)19-9-7-13(8-10-19)23-14-6-5-12(11-18-14)15(20)22-4/h5-6,11,13H,7-10H2,1-4H3. The minimum Gasteiger partial charge on any atom is -0.474 e. The molecule has 0 N–H and O–H groups in total. The summed E-state index contributed by atoms with van der Waals surface area (Å²) in [5.74, 6) is 0.0260. The third-order valence-corrected chi connectivity index (χ3v) is 3.54. The highest BCUT2D eigenvalue weighted by molar-refractivity contribution is 5.88. The Balaban J connectivity index is 1.82. The van der Waals surface area contributed by atoms with E-state index >= 15 is 0 Å². The van der Waals surface area contributed by atoms with E-state index in [9.17, 15) is 9.59 Å². The van der Waals surface area contributed by atoms with Crippen molar-refractivity contribution in [3.63, 3.8) is 0 Å². The van der Waals surface area contributed by atoms with Gasteiger partial charge in [0.25, 0.3) is 0 Å². The summed E-state index contributed by atoms with van der Waals surface area (Å²) in [7, 11) is 1.32. The molecular formula is C17H24N2O5. The number of carbonyl (C=O) groups is 2. The first-order chi connectivity index (χ1) is 11.3. The molecule has 0 saturated carbocycles. The van der Waals surface area contributed by atoms with Crippen molar-refractivity contribution in [1.82, 2.24) is 9.88 Å². The molecule has 2 heterocycles. The van der Waals surface area contributed by atoms with E-state index in [-0.39, 0.29) is 12.2 Å². The summed E-state index contributed by atoms with van der Waals surface area (Å²) < 4.78 is 15.8. The number of carbonyl (C=O) groups excluding carboxylic acids is 2. The molecule has 2 rings (SSSR count). The summed E-state index contributed by atoms with van der Waals surface area (Å²) in [5, 5.41) is 0. The maximum absolute atomic E-state index is 12.0. The number of nitrogens with zero attached hydrogens (tertiary/aromatic N) is 2. The van der Waals surface area contributed by atoms with Crippen molar-refractivity contribution in [3.05, 3.63) is 23.9 Å². The molecule has 0 spiro atoms. The zero-order valence-electron chi connectivity index (χ0n) is 14.6. The van der Waals surface area contributed by atoms with E-state index in [2.05, 4.69) is 9.72 Å². The Kier molecular flexibility index (Phi) is 5.64. The van der Waals surface area contributed by atoms with Gasteiger partial charge in [0.1, 0.15) is 11.7 Å². The zero-order valence-corrected chi connectivity index (χ0v) is 14.6. The number of hydrogen-bond donors (Lipinski definition) is 0. The van der Waals surface area contributed by atoms with Gasteiger partial charge < -0.3 is 19.1 Å². The van der Waals surface area contributed by atoms with Crippen LogP contribution in [0.4, 0.5) is 4.79 Å². The van der Waals surface area contributed by atoms with E-state index < -0.39 is 11.6 Å². The molecule has 7 heteroatoms. The molecule has 0 atom stereocenters. The van der Waals surface area contributed by atoms with Crippen LogP contribution in [0, 0.1) is 0 Å². The smallest absolute Gasteiger partial charge is 0.410 e. The van der Waals surface area contributed by atoms with Gasteiger partial charge in [-0.25, -0.2) is 14.6 Å². The normalized spacial score (nSPS) is 15.8. The van der Waals surface area contributed by atoms with Crippen molar-refractivity contribution in [1.29, 1.82) is 0 Å². The van der Waals surface area contributed by atoms with Crippen molar-refractivity contribution >= 4 is 12.1 Å². The zero-order chi connectivity index (χ0) is 17.7. The number of methoxy groups -OCH3 is 1. The molecule has 132 valence electrons. The molecule has 0 aromatic carbocycles. The number of amides is 1. The van der Waals surface area contributed by atoms with Crippen LogP contribution in [0.3, 0.4) is 0 Å². The van der Waals surface area contributed by atoms with E-state index in [1.165, 1.54) is 13.3 Å². The Morgan fingerprint density at radius 3 is 2.38 bits per heavy atom. The van der Waals surface area contributed by atoms with E-state index in [0.717, 1.165) is 0 Å². The summed E-state index contributed by atoms with van der Waals surface area (Å²) >= 11 is 0. The molecule has 0 radical (unpaired) electrons. The van der Waals surface area contributed by atoms with Gasteiger partial charge in [0.2, 0.25) is 5.88 Å². The van der Waals surface area contributed by atoms with Crippen LogP contribution >= 0.6 is 0 Å². The number of aromatic nitrogens is 1. The molecule has 1 aromatic heterocycles. The lowest BCUT2D eigenvalue weighted by atomic mass is 10.1. The summed E-state index contributed by atoms with van der Waals surface area (Å²) in [6.45, 7) is 6.72. The summed E-state index contributed by atoms with van der Waals surface area (Å²) in [6.07, 6.45) is 2.54. The summed E-state index contributed by atoms with van der Waals surface area (Å²) in [5.41, 5.74) is -0.111. The molecule has 24 heavy (non-hydrogen) atoms. The number of esters is 1. The molecule has 1 aliphatic rings. The third kappa shape index (κ3) is 5.11. The average Bonchev–Trinajstić information content (AvgIpc) is 2.54. The molecule has 0 unspecified atom stereocenters. The number of hydrogen-bond acceptors (Lipinski definition) is 6. The highest BCUT2D eigenvalue weighted by atomic mass is 16.6. The second-order valence-electron chi connectivity index (χ2n) is 6.66. The topological polar surface area (TPSA) is 78.0 Å². The Labute approximate surface area is 141 Å². The monoisotopic (exact) mass is 336 g/mol. The number of rotatable bonds is 3. The third-order valence-electron chi connectivity index (χ3n) is 3.54. The lowest BCUT2D eigenvalue weighted by Crippen LogP contribution is -2.44. The quantitative estimate of drug-likeness (QED) is 0.790. The van der Waals surface area contributed by atoms with Crippen LogP contribution < -0.4 is 4.74 Å². The summed E-state index contributed by atoms with van der Waals surface area (Å²) in [6, 6.07) is 3.26. The molecule has 1 amide bonds. The predicted molar refractivity (Wildman–Crippen MR) is 87.0 cm³/mol. The van der Waals surface area contributed by atoms with Crippen LogP contribution in [0.2, 0.25) is 0 Å². The second-order valence-corrected chi connectivity index (χ2v) is 6.66. The van der Waals surface area contributed by atoms with Gasteiger partial charge in [-0.05, 0) is 26.8 Å². The van der Waals surface area contributed by atoms with Crippen molar-refractivity contribution in [2.45, 2.75) is 45.3 Å². The Bertz CT molecular complexity index is 572. The fraction of sp³-hybridized carbons (Fsp3) is 0.588. The molecule has 0 aliphatic carbocycles. The molecule has 0 bridgehead atoms. The highest BCUT2D eigenvalue weighted by Gasteiger charge is 2.27. The Morgan fingerprint density at radius 1 is 1.21 bits per heavy atom. The van der Waals surface area contributed by atoms with Crippen LogP contribution in [0.15, 0.2) is 18.3 Å². The van der Waals surface area contributed by atoms with Gasteiger partial charge in [-0.3, -0.25) is 0 Å². The lowest BCUT2D eigenvalue weighted by molar-refractivity contribution is 0.0123. The van der Waals surface area contributed by atoms with Crippen LogP contribution in [0.1, 0.15) is 44.0 Å². The molecule has 7 nitrogen and oxygen atoms in total. The molecule has 1 aliphatic heterocycles. The van der Waals surface area contributed by atoms with Gasteiger partial charge in [0, 0.05) is 38.2 Å². The van der Waals surface area contributed by atoms with Gasteiger partial charge in [-0.15, -0.1) is 0 Å². The Hall–Kier alpha value is -2.31. The van der Waals surface area contributed by atoms with Crippen LogP contribution in [-0.2, 0) is 9.47 Å². The lowest BCUT2D eigenvalue weighted by Gasteiger charge is -2.33. The number of piperidine rings is 1. The van der Waals surface area contributed by atoms with Crippen molar-refractivity contribution in [2.75, 3.05) is 20.2 Å². The van der Waals surface area contributed by atoms with Crippen LogP contribution in [0.25, 0.3) is 0 Å². The SMILES string of the molecule is COC(=O)c1ccc(OC2CCN(C(=O)OC(C)(C)C)CC2)nc1. The molecule has 1 fully saturated rings. The molecule has 1 aromatic rings. The highest BCUT2D eigenvalue weighted by Crippen LogP contribution is 2.19. The van der Waals surface area contributed by atoms with E-state index in [4.69, 9.17) is 9.47 Å². The van der Waals surface area contributed by atoms with Crippen molar-refractivity contribution in [3.8, 4) is 5.88 Å². The summed E-state index contributed by atoms with van der Waals surface area (Å²) in [4.78, 5) is 29.2. The van der Waals surface area contributed by atoms with Crippen molar-refractivity contribution in [2.24, 2.45) is 0 Å². The van der Waals surface area contributed by atoms with E-state index in [1.807, 2.05) is 20.8 Å². The number of likely N-dealkylation sites (tertiary alicyclic amines) is 1. The first kappa shape index (κ1) is 18.0. The van der Waals surface area contributed by atoms with Gasteiger partial charge in [-0.2, -0.15) is 0 Å². The minimum absolute atomic E-state index is 0.0137. The maximum Gasteiger partial charge on any atom is 0.410 e. The predicted octanol–water partition coefficient (Wildman–Crippen LogP) is 2.65. The van der Waals surface area contributed by atoms with Gasteiger partial charge in [-0.1, -0.05) is 0 Å². The first-order valence-corrected chi connectivity index (χ1v) is 7.97. The number of pyridine rings is 1. The van der Waals surface area contributed by atoms with E-state index in [0.29, 0.717) is 37.4 Å². The van der Waals surface area contributed by atoms with Crippen molar-refractivity contribution < 1.29 is 23.8 Å². The second kappa shape index (κ2) is 7.51. The van der Waals surface area contributed by atoms with Gasteiger partial charge in [0.05, 0.1) is 12.7 Å². The first-order valence-electron chi connectivity index (χ1n) is 7.97. The van der Waals surface area contributed by atoms with Crippen LogP contribution in [-0.4, -0.2) is 53.9 Å².